The van der Waals surface area contributed by atoms with Crippen LogP contribution in [0.15, 0.2) is 30.5 Å². The lowest BCUT2D eigenvalue weighted by molar-refractivity contribution is 0.103. The van der Waals surface area contributed by atoms with Gasteiger partial charge in [0.25, 0.3) is 0 Å². The van der Waals surface area contributed by atoms with Gasteiger partial charge in [-0.25, -0.2) is 4.98 Å². The van der Waals surface area contributed by atoms with Crippen molar-refractivity contribution in [3.05, 3.63) is 65.0 Å². The van der Waals surface area contributed by atoms with Crippen LogP contribution >= 0.6 is 0 Å². The van der Waals surface area contributed by atoms with Crippen LogP contribution < -0.4 is 0 Å². The Hall–Kier alpha value is -2.14. The molecule has 2 aromatic rings. The number of nitrogens with zero attached hydrogens (tertiary/aromatic N) is 1. The van der Waals surface area contributed by atoms with Gasteiger partial charge in [0.1, 0.15) is 5.69 Å². The minimum absolute atomic E-state index is 0.0635. The zero-order chi connectivity index (χ0) is 13.5. The minimum atomic E-state index is -0.0635. The molecule has 0 radical (unpaired) electrons. The molecule has 1 heterocycles. The molecule has 0 saturated heterocycles. The third-order valence-electron chi connectivity index (χ3n) is 2.64. The van der Waals surface area contributed by atoms with Crippen molar-refractivity contribution in [2.45, 2.75) is 27.7 Å². The summed E-state index contributed by atoms with van der Waals surface area (Å²) in [6.07, 6.45) is 1.46. The third-order valence-corrected chi connectivity index (χ3v) is 2.64. The van der Waals surface area contributed by atoms with Crippen molar-refractivity contribution < 1.29 is 4.79 Å². The first-order valence-corrected chi connectivity index (χ1v) is 6.05. The number of carbonyl (C=O) groups excluding carboxylic acids is 1. The molecular weight excluding hydrogens is 222 g/mol. The summed E-state index contributed by atoms with van der Waals surface area (Å²) in [5.74, 6) is -0.0635. The van der Waals surface area contributed by atoms with Crippen LogP contribution in [0.25, 0.3) is 0 Å². The number of aromatic nitrogens is 1. The topological polar surface area (TPSA) is 30.0 Å². The molecule has 0 unspecified atom stereocenters. The summed E-state index contributed by atoms with van der Waals surface area (Å²) in [5, 5.41) is 0. The predicted octanol–water partition coefficient (Wildman–Crippen LogP) is 3.56. The van der Waals surface area contributed by atoms with Gasteiger partial charge >= 0.3 is 0 Å². The van der Waals surface area contributed by atoms with Gasteiger partial charge in [0.05, 0.1) is 6.20 Å². The largest absolute Gasteiger partial charge is 0.287 e. The van der Waals surface area contributed by atoms with Gasteiger partial charge in [0, 0.05) is 11.6 Å². The number of aryl methyl sites for hydroxylation is 1. The summed E-state index contributed by atoms with van der Waals surface area (Å²) in [5.41, 5.74) is 3.22. The van der Waals surface area contributed by atoms with Crippen molar-refractivity contribution in [1.29, 1.82) is 0 Å². The number of rotatable bonds is 2. The molecule has 0 N–H and O–H groups in total. The fourth-order valence-corrected chi connectivity index (χ4v) is 1.55. The molecule has 0 aliphatic heterocycles. The molecule has 92 valence electrons. The van der Waals surface area contributed by atoms with Crippen molar-refractivity contribution in [3.63, 3.8) is 0 Å². The van der Waals surface area contributed by atoms with E-state index in [0.717, 1.165) is 11.1 Å². The lowest BCUT2D eigenvalue weighted by Crippen LogP contribution is -2.06. The summed E-state index contributed by atoms with van der Waals surface area (Å²) < 4.78 is 0. The zero-order valence-electron chi connectivity index (χ0n) is 11.2. The average molecular weight is 239 g/mol. The van der Waals surface area contributed by atoms with Crippen LogP contribution in [0.3, 0.4) is 0 Å². The standard InChI is InChI=1S/C14H11NO.C2H6/c1-10-6-5-7-12(11(10)2)14(16)13-8-3-4-9-15-13;1-2/h5-9H,1-2H3;1-2H3. The molecule has 0 atom stereocenters. The number of benzene rings is 1. The van der Waals surface area contributed by atoms with Gasteiger partial charge in [-0.05, 0) is 31.0 Å². The summed E-state index contributed by atoms with van der Waals surface area (Å²) >= 11 is 0. The molecule has 2 nitrogen and oxygen atoms in total. The van der Waals surface area contributed by atoms with E-state index < -0.39 is 0 Å². The monoisotopic (exact) mass is 239 g/mol. The molecule has 0 spiro atoms. The number of hydrogen-bond acceptors (Lipinski definition) is 2. The van der Waals surface area contributed by atoms with Crippen LogP contribution in [0.2, 0.25) is 0 Å². The molecule has 0 bridgehead atoms. The molecule has 0 fully saturated rings. The van der Waals surface area contributed by atoms with E-state index in [0.29, 0.717) is 11.3 Å². The fourth-order valence-electron chi connectivity index (χ4n) is 1.55. The quantitative estimate of drug-likeness (QED) is 0.750. The summed E-state index contributed by atoms with van der Waals surface area (Å²) in [6.45, 7) is 7.94. The van der Waals surface area contributed by atoms with Crippen molar-refractivity contribution in [2.24, 2.45) is 0 Å². The van der Waals surface area contributed by atoms with Gasteiger partial charge < -0.3 is 0 Å². The second-order valence-electron chi connectivity index (χ2n) is 3.65. The van der Waals surface area contributed by atoms with Gasteiger partial charge in [0.2, 0.25) is 5.78 Å². The molecule has 0 amide bonds. The summed E-state index contributed by atoms with van der Waals surface area (Å²) in [4.78, 5) is 16.1. The molecule has 1 aromatic carbocycles. The van der Waals surface area contributed by atoms with Crippen molar-refractivity contribution >= 4 is 5.78 Å². The van der Waals surface area contributed by atoms with Crippen LogP contribution in [0.5, 0.6) is 0 Å². The molecule has 18 heavy (non-hydrogen) atoms. The highest BCUT2D eigenvalue weighted by Crippen LogP contribution is 2.15. The summed E-state index contributed by atoms with van der Waals surface area (Å²) in [7, 11) is 0. The van der Waals surface area contributed by atoms with E-state index in [4.69, 9.17) is 0 Å². The maximum Gasteiger partial charge on any atom is 0.212 e. The normalized spacial score (nSPS) is 8.89. The molecule has 2 rings (SSSR count). The molecule has 1 aromatic heterocycles. The molecule has 0 aliphatic carbocycles. The van der Waals surface area contributed by atoms with E-state index in [1.807, 2.05) is 45.9 Å². The molecule has 0 aliphatic rings. The Bertz CT molecular complexity index is 518. The first-order valence-electron chi connectivity index (χ1n) is 6.05. The maximum absolute atomic E-state index is 12.1. The average Bonchev–Trinajstić information content (AvgIpc) is 2.44. The number of carbonyl (C=O) groups is 1. The lowest BCUT2D eigenvalue weighted by atomic mass is 9.99. The van der Waals surface area contributed by atoms with Crippen LogP contribution in [-0.4, -0.2) is 10.8 Å². The Labute approximate surface area is 109 Å². The van der Waals surface area contributed by atoms with Crippen molar-refractivity contribution in [3.8, 4) is 0 Å². The Balaban J connectivity index is 0.000000771. The third kappa shape index (κ3) is 2.95. The number of hydrogen-bond donors (Lipinski definition) is 0. The first-order chi connectivity index (χ1) is 8.70. The van der Waals surface area contributed by atoms with Gasteiger partial charge in [-0.1, -0.05) is 38.1 Å². The fraction of sp³-hybridized carbons (Fsp3) is 0.250. The summed E-state index contributed by atoms with van der Waals surface area (Å²) in [6, 6.07) is 12.7. The highest BCUT2D eigenvalue weighted by molar-refractivity contribution is 6.08. The molecular formula is C16H17NO. The second kappa shape index (κ2) is 6.56. The maximum atomic E-state index is 12.1. The van der Waals surface area contributed by atoms with Crippen LogP contribution in [0.1, 0.15) is 41.0 Å². The molecule has 0 saturated carbocycles. The first kappa shape index (κ1) is 13.9. The second-order valence-corrected chi connectivity index (χ2v) is 3.65. The Kier molecular flexibility index (Phi) is 5.07. The number of ketones is 1. The van der Waals surface area contributed by atoms with Gasteiger partial charge in [-0.3, -0.25) is 4.79 Å². The van der Waals surface area contributed by atoms with Crippen molar-refractivity contribution in [2.75, 3.05) is 0 Å². The van der Waals surface area contributed by atoms with E-state index in [1.165, 1.54) is 6.20 Å². The lowest BCUT2D eigenvalue weighted by Gasteiger charge is -2.06. The van der Waals surface area contributed by atoms with Crippen LogP contribution in [-0.2, 0) is 0 Å². The van der Waals surface area contributed by atoms with Gasteiger partial charge in [-0.2, -0.15) is 0 Å². The zero-order valence-corrected chi connectivity index (χ0v) is 11.2. The van der Waals surface area contributed by atoms with E-state index >= 15 is 0 Å². The van der Waals surface area contributed by atoms with E-state index in [9.17, 15) is 4.79 Å². The van der Waals surface area contributed by atoms with Crippen molar-refractivity contribution in [1.82, 2.24) is 4.98 Å². The van der Waals surface area contributed by atoms with Crippen LogP contribution in [0.4, 0.5) is 0 Å². The highest BCUT2D eigenvalue weighted by Gasteiger charge is 2.12. The Morgan fingerprint density at radius 2 is 1.89 bits per heavy atom. The Morgan fingerprint density at radius 3 is 2.50 bits per heavy atom. The van der Waals surface area contributed by atoms with E-state index in [-0.39, 0.29) is 5.78 Å². The van der Waals surface area contributed by atoms with E-state index in [1.54, 1.807) is 6.07 Å². The predicted molar refractivity (Wildman–Crippen MR) is 72.6 cm³/mol. The highest BCUT2D eigenvalue weighted by atomic mass is 16.1. The van der Waals surface area contributed by atoms with Gasteiger partial charge in [-0.15, -0.1) is 0 Å². The van der Waals surface area contributed by atoms with E-state index in [2.05, 4.69) is 17.1 Å². The van der Waals surface area contributed by atoms with Crippen LogP contribution in [0, 0.1) is 26.0 Å². The molecule has 2 heteroatoms. The Morgan fingerprint density at radius 1 is 1.17 bits per heavy atom. The smallest absolute Gasteiger partial charge is 0.212 e. The minimum Gasteiger partial charge on any atom is -0.287 e. The van der Waals surface area contributed by atoms with Gasteiger partial charge in [0.15, 0.2) is 0 Å². The SMILES string of the molecule is CC.Cc1cccc(C(=O)c2cc#ccn2)c1C.